The van der Waals surface area contributed by atoms with Gasteiger partial charge in [0, 0.05) is 22.2 Å². The summed E-state index contributed by atoms with van der Waals surface area (Å²) in [5, 5.41) is 26.8. The first-order valence-corrected chi connectivity index (χ1v) is 7.70. The van der Waals surface area contributed by atoms with E-state index in [4.69, 9.17) is 4.74 Å². The van der Waals surface area contributed by atoms with Crippen molar-refractivity contribution in [2.75, 3.05) is 5.32 Å². The number of tetrazole rings is 1. The zero-order valence-electron chi connectivity index (χ0n) is 12.6. The average Bonchev–Trinajstić information content (AvgIpc) is 3.14. The first-order valence-electron chi connectivity index (χ1n) is 6.88. The molecule has 0 bridgehead atoms. The topological polar surface area (TPSA) is 136 Å². The Bertz CT molecular complexity index is 905. The maximum atomic E-state index is 12.5. The maximum absolute atomic E-state index is 12.5. The van der Waals surface area contributed by atoms with Crippen molar-refractivity contribution in [2.24, 2.45) is 0 Å². The predicted molar refractivity (Wildman–Crippen MR) is 86.4 cm³/mol. The second kappa shape index (κ2) is 6.20. The van der Waals surface area contributed by atoms with E-state index in [1.807, 2.05) is 13.8 Å². The van der Waals surface area contributed by atoms with Crippen molar-refractivity contribution >= 4 is 39.0 Å². The minimum absolute atomic E-state index is 0.0692. The zero-order valence-corrected chi connectivity index (χ0v) is 13.5. The summed E-state index contributed by atoms with van der Waals surface area (Å²) in [6, 6.07) is 4.38. The van der Waals surface area contributed by atoms with Crippen molar-refractivity contribution < 1.29 is 14.5 Å². The molecule has 0 aliphatic heterocycles. The summed E-state index contributed by atoms with van der Waals surface area (Å²) in [5.41, 5.74) is -0.0692. The summed E-state index contributed by atoms with van der Waals surface area (Å²) in [6.07, 6.45) is -0.208. The number of fused-ring (bicyclic) bond motifs is 1. The van der Waals surface area contributed by atoms with Crippen LogP contribution in [0.15, 0.2) is 18.2 Å². The van der Waals surface area contributed by atoms with Gasteiger partial charge in [0.25, 0.3) is 11.6 Å². The van der Waals surface area contributed by atoms with E-state index in [0.717, 1.165) is 0 Å². The van der Waals surface area contributed by atoms with Crippen molar-refractivity contribution in [3.8, 4) is 5.75 Å². The Morgan fingerprint density at radius 1 is 1.46 bits per heavy atom. The second-order valence-corrected chi connectivity index (χ2v) is 6.12. The first kappa shape index (κ1) is 15.8. The molecule has 0 aliphatic rings. The molecule has 0 unspecified atom stereocenters. The normalized spacial score (nSPS) is 11.0. The number of rotatable bonds is 5. The number of anilines is 1. The van der Waals surface area contributed by atoms with E-state index in [0.29, 0.717) is 15.8 Å². The number of amides is 1. The summed E-state index contributed by atoms with van der Waals surface area (Å²) >= 11 is 1.17. The van der Waals surface area contributed by atoms with Crippen LogP contribution in [0.25, 0.3) is 10.1 Å². The number of hydrogen-bond acceptors (Lipinski definition) is 8. The molecule has 0 spiro atoms. The van der Waals surface area contributed by atoms with Crippen LogP contribution >= 0.6 is 11.3 Å². The molecule has 1 amide bonds. The van der Waals surface area contributed by atoms with Gasteiger partial charge in [-0.2, -0.15) is 0 Å². The van der Waals surface area contributed by atoms with Crippen molar-refractivity contribution in [1.82, 2.24) is 20.6 Å². The molecule has 24 heavy (non-hydrogen) atoms. The van der Waals surface area contributed by atoms with Crippen LogP contribution in [0.1, 0.15) is 23.5 Å². The third-order valence-electron chi connectivity index (χ3n) is 2.97. The SMILES string of the molecule is CC(C)Oc1c(C(=O)Nc2nnn[nH]2)sc2ccc([N+](=O)[O-])cc12. The van der Waals surface area contributed by atoms with Crippen LogP contribution in [0.3, 0.4) is 0 Å². The highest BCUT2D eigenvalue weighted by atomic mass is 32.1. The van der Waals surface area contributed by atoms with Gasteiger partial charge in [-0.05, 0) is 30.3 Å². The predicted octanol–water partition coefficient (Wildman–Crippen LogP) is 2.36. The van der Waals surface area contributed by atoms with E-state index < -0.39 is 10.8 Å². The van der Waals surface area contributed by atoms with Gasteiger partial charge in [0.15, 0.2) is 5.75 Å². The van der Waals surface area contributed by atoms with Gasteiger partial charge in [0.05, 0.1) is 11.0 Å². The molecule has 10 nitrogen and oxygen atoms in total. The standard InChI is InChI=1S/C13H12N6O4S/c1-6(2)23-10-8-5-7(19(21)22)3-4-9(8)24-11(10)12(20)14-13-15-17-18-16-13/h3-6H,1-2H3,(H2,14,15,16,17,18,20). The Hall–Kier alpha value is -3.08. The molecule has 3 rings (SSSR count). The van der Waals surface area contributed by atoms with Crippen molar-refractivity contribution in [3.05, 3.63) is 33.2 Å². The molecular formula is C13H12N6O4S. The summed E-state index contributed by atoms with van der Waals surface area (Å²) in [7, 11) is 0. The zero-order chi connectivity index (χ0) is 17.3. The van der Waals surface area contributed by atoms with E-state index in [1.54, 1.807) is 6.07 Å². The Kier molecular flexibility index (Phi) is 4.08. The lowest BCUT2D eigenvalue weighted by atomic mass is 10.2. The van der Waals surface area contributed by atoms with Crippen LogP contribution in [0.2, 0.25) is 0 Å². The van der Waals surface area contributed by atoms with Gasteiger partial charge in [0.1, 0.15) is 4.88 Å². The number of aromatic nitrogens is 4. The van der Waals surface area contributed by atoms with Crippen LogP contribution in [0, 0.1) is 10.1 Å². The number of carbonyl (C=O) groups excluding carboxylic acids is 1. The number of aromatic amines is 1. The molecular weight excluding hydrogens is 336 g/mol. The number of nitro groups is 1. The molecule has 0 saturated carbocycles. The number of nitrogens with one attached hydrogen (secondary N) is 2. The quantitative estimate of drug-likeness (QED) is 0.533. The lowest BCUT2D eigenvalue weighted by Gasteiger charge is -2.10. The third kappa shape index (κ3) is 3.01. The highest BCUT2D eigenvalue weighted by Gasteiger charge is 2.23. The van der Waals surface area contributed by atoms with Crippen LogP contribution < -0.4 is 10.1 Å². The Balaban J connectivity index is 2.08. The van der Waals surface area contributed by atoms with Crippen LogP contribution in [0.4, 0.5) is 11.6 Å². The Morgan fingerprint density at radius 2 is 2.25 bits per heavy atom. The smallest absolute Gasteiger partial charge is 0.271 e. The van der Waals surface area contributed by atoms with E-state index in [9.17, 15) is 14.9 Å². The van der Waals surface area contributed by atoms with Gasteiger partial charge >= 0.3 is 0 Å². The molecule has 11 heteroatoms. The number of carbonyl (C=O) groups is 1. The van der Waals surface area contributed by atoms with E-state index >= 15 is 0 Å². The molecule has 3 aromatic rings. The maximum Gasteiger partial charge on any atom is 0.271 e. The van der Waals surface area contributed by atoms with Crippen molar-refractivity contribution in [1.29, 1.82) is 0 Å². The van der Waals surface area contributed by atoms with Crippen LogP contribution in [-0.4, -0.2) is 37.6 Å². The fourth-order valence-corrected chi connectivity index (χ4v) is 3.07. The number of thiophene rings is 1. The van der Waals surface area contributed by atoms with Gasteiger partial charge in [-0.25, -0.2) is 5.10 Å². The second-order valence-electron chi connectivity index (χ2n) is 5.07. The molecule has 2 aromatic heterocycles. The van der Waals surface area contributed by atoms with Crippen molar-refractivity contribution in [2.45, 2.75) is 20.0 Å². The van der Waals surface area contributed by atoms with Crippen LogP contribution in [0.5, 0.6) is 5.75 Å². The highest BCUT2D eigenvalue weighted by molar-refractivity contribution is 7.21. The van der Waals surface area contributed by atoms with Gasteiger partial charge < -0.3 is 4.74 Å². The Labute approximate surface area is 139 Å². The summed E-state index contributed by atoms with van der Waals surface area (Å²) in [4.78, 5) is 23.3. The number of H-pyrrole nitrogens is 1. The lowest BCUT2D eigenvalue weighted by molar-refractivity contribution is -0.384. The molecule has 2 heterocycles. The van der Waals surface area contributed by atoms with Gasteiger partial charge in [-0.1, -0.05) is 5.10 Å². The molecule has 2 N–H and O–H groups in total. The largest absolute Gasteiger partial charge is 0.489 e. The number of nitrogens with zero attached hydrogens (tertiary/aromatic N) is 4. The highest BCUT2D eigenvalue weighted by Crippen LogP contribution is 2.40. The molecule has 0 fully saturated rings. The summed E-state index contributed by atoms with van der Waals surface area (Å²) < 4.78 is 6.44. The van der Waals surface area contributed by atoms with E-state index in [-0.39, 0.29) is 22.6 Å². The number of hydrogen-bond donors (Lipinski definition) is 2. The molecule has 124 valence electrons. The van der Waals surface area contributed by atoms with E-state index in [1.165, 1.54) is 23.5 Å². The Morgan fingerprint density at radius 3 is 2.88 bits per heavy atom. The number of ether oxygens (including phenoxy) is 1. The monoisotopic (exact) mass is 348 g/mol. The molecule has 0 aliphatic carbocycles. The van der Waals surface area contributed by atoms with Gasteiger partial charge in [-0.3, -0.25) is 20.2 Å². The number of non-ortho nitro benzene ring substituents is 1. The number of nitro benzene ring substituents is 1. The number of benzene rings is 1. The minimum Gasteiger partial charge on any atom is -0.489 e. The average molecular weight is 348 g/mol. The van der Waals surface area contributed by atoms with Crippen LogP contribution in [-0.2, 0) is 0 Å². The molecule has 1 aromatic carbocycles. The van der Waals surface area contributed by atoms with Gasteiger partial charge in [0.2, 0.25) is 5.95 Å². The molecule has 0 radical (unpaired) electrons. The van der Waals surface area contributed by atoms with Crippen molar-refractivity contribution in [3.63, 3.8) is 0 Å². The van der Waals surface area contributed by atoms with E-state index in [2.05, 4.69) is 25.9 Å². The summed E-state index contributed by atoms with van der Waals surface area (Å²) in [5.74, 6) is -0.0642. The fraction of sp³-hybridized carbons (Fsp3) is 0.231. The summed E-state index contributed by atoms with van der Waals surface area (Å²) in [6.45, 7) is 3.62. The van der Waals surface area contributed by atoms with Gasteiger partial charge in [-0.15, -0.1) is 11.3 Å². The fourth-order valence-electron chi connectivity index (χ4n) is 2.06. The third-order valence-corrected chi connectivity index (χ3v) is 4.12. The lowest BCUT2D eigenvalue weighted by Crippen LogP contribution is -2.14. The first-order chi connectivity index (χ1) is 11.5. The molecule has 0 saturated heterocycles. The molecule has 0 atom stereocenters. The minimum atomic E-state index is -0.490.